The van der Waals surface area contributed by atoms with Crippen LogP contribution < -0.4 is 4.90 Å². The minimum absolute atomic E-state index is 0.0338. The first kappa shape index (κ1) is 15.7. The molecule has 0 bridgehead atoms. The lowest BCUT2D eigenvalue weighted by Crippen LogP contribution is -2.38. The standard InChI is InChI=1S/C15H24N4O2/c1-17(13-6-4-3-5-7-13)10-11-18(2)15-9-8-14(12-16-15)19(20)21/h8-9,12-13H,3-7,10-11H2,1-2H3. The maximum Gasteiger partial charge on any atom is 0.287 e. The number of hydrogen-bond acceptors (Lipinski definition) is 5. The Morgan fingerprint density at radius 1 is 1.24 bits per heavy atom. The summed E-state index contributed by atoms with van der Waals surface area (Å²) in [6.45, 7) is 1.86. The van der Waals surface area contributed by atoms with Crippen LogP contribution in [0.3, 0.4) is 0 Å². The molecule has 1 aliphatic carbocycles. The number of rotatable bonds is 6. The van der Waals surface area contributed by atoms with Crippen molar-refractivity contribution in [1.82, 2.24) is 9.88 Å². The van der Waals surface area contributed by atoms with Gasteiger partial charge in [0.15, 0.2) is 0 Å². The average molecular weight is 292 g/mol. The first-order chi connectivity index (χ1) is 10.1. The zero-order chi connectivity index (χ0) is 15.2. The van der Waals surface area contributed by atoms with Crippen LogP contribution in [-0.4, -0.2) is 48.0 Å². The monoisotopic (exact) mass is 292 g/mol. The topological polar surface area (TPSA) is 62.5 Å². The highest BCUT2D eigenvalue weighted by molar-refractivity contribution is 5.42. The first-order valence-electron chi connectivity index (χ1n) is 7.60. The minimum Gasteiger partial charge on any atom is -0.358 e. The third-order valence-electron chi connectivity index (χ3n) is 4.32. The van der Waals surface area contributed by atoms with Crippen molar-refractivity contribution in [2.45, 2.75) is 38.1 Å². The third kappa shape index (κ3) is 4.39. The molecule has 1 heterocycles. The molecule has 0 radical (unpaired) electrons. The molecule has 6 nitrogen and oxygen atoms in total. The van der Waals surface area contributed by atoms with E-state index >= 15 is 0 Å². The summed E-state index contributed by atoms with van der Waals surface area (Å²) < 4.78 is 0. The quantitative estimate of drug-likeness (QED) is 0.596. The number of hydrogen-bond donors (Lipinski definition) is 0. The lowest BCUT2D eigenvalue weighted by Gasteiger charge is -2.32. The molecule has 0 amide bonds. The van der Waals surface area contributed by atoms with Gasteiger partial charge in [-0.2, -0.15) is 0 Å². The average Bonchev–Trinajstić information content (AvgIpc) is 2.53. The van der Waals surface area contributed by atoms with Crippen molar-refractivity contribution in [3.05, 3.63) is 28.4 Å². The van der Waals surface area contributed by atoms with Gasteiger partial charge < -0.3 is 9.80 Å². The summed E-state index contributed by atoms with van der Waals surface area (Å²) >= 11 is 0. The van der Waals surface area contributed by atoms with Gasteiger partial charge in [-0.15, -0.1) is 0 Å². The van der Waals surface area contributed by atoms with Crippen molar-refractivity contribution in [3.8, 4) is 0 Å². The predicted molar refractivity (Wildman–Crippen MR) is 83.7 cm³/mol. The molecule has 1 fully saturated rings. The normalized spacial score (nSPS) is 16.1. The fraction of sp³-hybridized carbons (Fsp3) is 0.667. The maximum atomic E-state index is 10.6. The smallest absolute Gasteiger partial charge is 0.287 e. The number of nitrogens with zero attached hydrogens (tertiary/aromatic N) is 4. The van der Waals surface area contributed by atoms with E-state index in [0.29, 0.717) is 6.04 Å². The van der Waals surface area contributed by atoms with E-state index in [2.05, 4.69) is 16.9 Å². The predicted octanol–water partition coefficient (Wildman–Crippen LogP) is 2.69. The highest BCUT2D eigenvalue weighted by atomic mass is 16.6. The third-order valence-corrected chi connectivity index (χ3v) is 4.32. The number of aromatic nitrogens is 1. The molecular weight excluding hydrogens is 268 g/mol. The highest BCUT2D eigenvalue weighted by Gasteiger charge is 2.18. The summed E-state index contributed by atoms with van der Waals surface area (Å²) in [7, 11) is 4.16. The molecule has 116 valence electrons. The summed E-state index contributed by atoms with van der Waals surface area (Å²) in [6.07, 6.45) is 7.98. The molecule has 1 aromatic rings. The van der Waals surface area contributed by atoms with Gasteiger partial charge in [-0.3, -0.25) is 10.1 Å². The second-order valence-electron chi connectivity index (χ2n) is 5.83. The summed E-state index contributed by atoms with van der Waals surface area (Å²) in [5.41, 5.74) is 0.0338. The molecule has 0 N–H and O–H groups in total. The Balaban J connectivity index is 1.83. The summed E-state index contributed by atoms with van der Waals surface area (Å²) in [5, 5.41) is 10.6. The van der Waals surface area contributed by atoms with E-state index in [-0.39, 0.29) is 5.69 Å². The molecule has 1 saturated carbocycles. The fourth-order valence-electron chi connectivity index (χ4n) is 2.84. The van der Waals surface area contributed by atoms with Gasteiger partial charge in [0.1, 0.15) is 12.0 Å². The van der Waals surface area contributed by atoms with Gasteiger partial charge in [-0.05, 0) is 26.0 Å². The minimum atomic E-state index is -0.423. The Bertz CT molecular complexity index is 457. The number of likely N-dealkylation sites (N-methyl/N-ethyl adjacent to an activating group) is 2. The van der Waals surface area contributed by atoms with Crippen LogP contribution in [-0.2, 0) is 0 Å². The van der Waals surface area contributed by atoms with Crippen molar-refractivity contribution in [1.29, 1.82) is 0 Å². The van der Waals surface area contributed by atoms with E-state index in [1.807, 2.05) is 11.9 Å². The highest BCUT2D eigenvalue weighted by Crippen LogP contribution is 2.21. The molecule has 21 heavy (non-hydrogen) atoms. The Hall–Kier alpha value is -1.69. The Labute approximate surface area is 125 Å². The first-order valence-corrected chi connectivity index (χ1v) is 7.60. The van der Waals surface area contributed by atoms with Crippen molar-refractivity contribution in [2.24, 2.45) is 0 Å². The fourth-order valence-corrected chi connectivity index (χ4v) is 2.84. The van der Waals surface area contributed by atoms with E-state index in [4.69, 9.17) is 0 Å². The molecule has 0 unspecified atom stereocenters. The molecule has 0 aromatic carbocycles. The maximum absolute atomic E-state index is 10.6. The van der Waals surface area contributed by atoms with Crippen LogP contribution in [0.1, 0.15) is 32.1 Å². The van der Waals surface area contributed by atoms with Crippen LogP contribution in [0.15, 0.2) is 18.3 Å². The van der Waals surface area contributed by atoms with Gasteiger partial charge in [0.2, 0.25) is 0 Å². The Kier molecular flexibility index (Phi) is 5.50. The number of anilines is 1. The second-order valence-corrected chi connectivity index (χ2v) is 5.83. The Morgan fingerprint density at radius 2 is 1.95 bits per heavy atom. The number of pyridine rings is 1. The molecule has 2 rings (SSSR count). The van der Waals surface area contributed by atoms with Gasteiger partial charge >= 0.3 is 0 Å². The molecular formula is C15H24N4O2. The van der Waals surface area contributed by atoms with Crippen molar-refractivity contribution in [2.75, 3.05) is 32.1 Å². The van der Waals surface area contributed by atoms with E-state index < -0.39 is 4.92 Å². The second kappa shape index (κ2) is 7.36. The van der Waals surface area contributed by atoms with Gasteiger partial charge in [-0.25, -0.2) is 4.98 Å². The van der Waals surface area contributed by atoms with Crippen molar-refractivity contribution < 1.29 is 4.92 Å². The largest absolute Gasteiger partial charge is 0.358 e. The molecule has 1 aliphatic rings. The molecule has 0 aliphatic heterocycles. The molecule has 0 spiro atoms. The van der Waals surface area contributed by atoms with Crippen LogP contribution in [0.5, 0.6) is 0 Å². The van der Waals surface area contributed by atoms with Crippen molar-refractivity contribution in [3.63, 3.8) is 0 Å². The van der Waals surface area contributed by atoms with E-state index in [0.717, 1.165) is 18.9 Å². The molecule has 0 atom stereocenters. The Morgan fingerprint density at radius 3 is 2.52 bits per heavy atom. The zero-order valence-electron chi connectivity index (χ0n) is 12.9. The van der Waals surface area contributed by atoms with Gasteiger partial charge in [0.25, 0.3) is 5.69 Å². The van der Waals surface area contributed by atoms with Crippen LogP contribution in [0, 0.1) is 10.1 Å². The van der Waals surface area contributed by atoms with Crippen molar-refractivity contribution >= 4 is 11.5 Å². The van der Waals surface area contributed by atoms with Gasteiger partial charge in [0.05, 0.1) is 4.92 Å². The lowest BCUT2D eigenvalue weighted by molar-refractivity contribution is -0.385. The molecule has 0 saturated heterocycles. The number of nitro groups is 1. The summed E-state index contributed by atoms with van der Waals surface area (Å²) in [4.78, 5) is 18.8. The van der Waals surface area contributed by atoms with E-state index in [9.17, 15) is 10.1 Å². The van der Waals surface area contributed by atoms with E-state index in [1.165, 1.54) is 44.4 Å². The lowest BCUT2D eigenvalue weighted by atomic mass is 9.94. The SMILES string of the molecule is CN(CCN(C)C1CCCCC1)c1ccc([N+](=O)[O-])cn1. The van der Waals surface area contributed by atoms with Gasteiger partial charge in [0, 0.05) is 32.2 Å². The van der Waals surface area contributed by atoms with E-state index in [1.54, 1.807) is 6.07 Å². The molecule has 1 aromatic heterocycles. The van der Waals surface area contributed by atoms with Crippen LogP contribution in [0.4, 0.5) is 11.5 Å². The van der Waals surface area contributed by atoms with Crippen LogP contribution >= 0.6 is 0 Å². The van der Waals surface area contributed by atoms with Crippen LogP contribution in [0.2, 0.25) is 0 Å². The molecule has 6 heteroatoms. The van der Waals surface area contributed by atoms with Crippen LogP contribution in [0.25, 0.3) is 0 Å². The zero-order valence-corrected chi connectivity index (χ0v) is 12.9. The summed E-state index contributed by atoms with van der Waals surface area (Å²) in [5.74, 6) is 0.776. The summed E-state index contributed by atoms with van der Waals surface area (Å²) in [6, 6.07) is 3.92. The van der Waals surface area contributed by atoms with Gasteiger partial charge in [-0.1, -0.05) is 19.3 Å².